The Labute approximate surface area is 166 Å². The number of fused-ring (bicyclic) bond motifs is 1. The highest BCUT2D eigenvalue weighted by Crippen LogP contribution is 2.36. The lowest BCUT2D eigenvalue weighted by atomic mass is 9.96. The Bertz CT molecular complexity index is 1070. The molecule has 1 fully saturated rings. The van der Waals surface area contributed by atoms with Gasteiger partial charge in [-0.3, -0.25) is 9.69 Å². The summed E-state index contributed by atoms with van der Waals surface area (Å²) in [5.41, 5.74) is -0.179. The maximum atomic E-state index is 12.7. The van der Waals surface area contributed by atoms with Crippen LogP contribution in [0.25, 0.3) is 10.3 Å². The summed E-state index contributed by atoms with van der Waals surface area (Å²) in [6.45, 7) is 6.59. The fourth-order valence-electron chi connectivity index (χ4n) is 3.24. The molecule has 1 aromatic carbocycles. The third-order valence-electron chi connectivity index (χ3n) is 4.72. The van der Waals surface area contributed by atoms with Crippen LogP contribution in [0.1, 0.15) is 50.5 Å². The van der Waals surface area contributed by atoms with Crippen LogP contribution in [0, 0.1) is 0 Å². The Morgan fingerprint density at radius 3 is 2.71 bits per heavy atom. The molecule has 7 nitrogen and oxygen atoms in total. The van der Waals surface area contributed by atoms with E-state index in [4.69, 9.17) is 4.74 Å². The van der Waals surface area contributed by atoms with Crippen LogP contribution in [0.2, 0.25) is 0 Å². The van der Waals surface area contributed by atoms with Crippen LogP contribution >= 0.6 is 11.3 Å². The molecule has 3 aromatic rings. The van der Waals surface area contributed by atoms with E-state index in [-0.39, 0.29) is 17.0 Å². The van der Waals surface area contributed by atoms with E-state index in [2.05, 4.69) is 15.0 Å². The fourth-order valence-corrected chi connectivity index (χ4v) is 4.32. The molecule has 1 N–H and O–H groups in total. The number of carbonyl (C=O) groups is 1. The van der Waals surface area contributed by atoms with Crippen molar-refractivity contribution in [3.8, 4) is 5.75 Å². The fraction of sp³-hybridized carbons (Fsp3) is 0.400. The van der Waals surface area contributed by atoms with Crippen molar-refractivity contribution in [2.24, 2.45) is 0 Å². The quantitative estimate of drug-likeness (QED) is 0.704. The van der Waals surface area contributed by atoms with Gasteiger partial charge in [0.2, 0.25) is 0 Å². The summed E-state index contributed by atoms with van der Waals surface area (Å²) in [6.07, 6.45) is 1.25. The summed E-state index contributed by atoms with van der Waals surface area (Å²) in [4.78, 5) is 39.4. The van der Waals surface area contributed by atoms with E-state index in [0.717, 1.165) is 17.8 Å². The number of ether oxygens (including phenoxy) is 1. The lowest BCUT2D eigenvalue weighted by molar-refractivity contribution is 0.147. The van der Waals surface area contributed by atoms with E-state index in [1.54, 1.807) is 17.0 Å². The van der Waals surface area contributed by atoms with Gasteiger partial charge < -0.3 is 9.72 Å². The predicted molar refractivity (Wildman–Crippen MR) is 108 cm³/mol. The number of H-pyrrole nitrogens is 1. The van der Waals surface area contributed by atoms with Gasteiger partial charge in [-0.2, -0.15) is 0 Å². The molecule has 0 saturated carbocycles. The highest BCUT2D eigenvalue weighted by atomic mass is 32.1. The van der Waals surface area contributed by atoms with Gasteiger partial charge in [-0.1, -0.05) is 50.3 Å². The van der Waals surface area contributed by atoms with Crippen molar-refractivity contribution in [3.63, 3.8) is 0 Å². The molecule has 3 heterocycles. The molecular formula is C20H22N4O3S. The van der Waals surface area contributed by atoms with Gasteiger partial charge in [0.15, 0.2) is 10.3 Å². The number of nitrogens with zero attached hydrogens (tertiary/aromatic N) is 3. The summed E-state index contributed by atoms with van der Waals surface area (Å²) < 4.78 is 5.49. The van der Waals surface area contributed by atoms with E-state index >= 15 is 0 Å². The van der Waals surface area contributed by atoms with Crippen molar-refractivity contribution in [1.29, 1.82) is 0 Å². The first-order valence-corrected chi connectivity index (χ1v) is 10.1. The highest BCUT2D eigenvalue weighted by Gasteiger charge is 2.34. The minimum atomic E-state index is -0.398. The van der Waals surface area contributed by atoms with Gasteiger partial charge in [-0.25, -0.2) is 14.8 Å². The lowest BCUT2D eigenvalue weighted by Crippen LogP contribution is -2.33. The molecule has 1 atom stereocenters. The van der Waals surface area contributed by atoms with Gasteiger partial charge in [0.1, 0.15) is 16.6 Å². The third kappa shape index (κ3) is 3.52. The third-order valence-corrected chi connectivity index (χ3v) is 5.77. The van der Waals surface area contributed by atoms with Crippen LogP contribution in [0.3, 0.4) is 0 Å². The molecular weight excluding hydrogens is 376 g/mol. The molecule has 0 unspecified atom stereocenters. The van der Waals surface area contributed by atoms with Gasteiger partial charge in [0.25, 0.3) is 5.56 Å². The summed E-state index contributed by atoms with van der Waals surface area (Å²) >= 11 is 1.37. The number of thiazole rings is 1. The van der Waals surface area contributed by atoms with Gasteiger partial charge in [0.05, 0.1) is 6.04 Å². The number of para-hydroxylation sites is 1. The molecule has 0 bridgehead atoms. The molecule has 0 spiro atoms. The van der Waals surface area contributed by atoms with Crippen LogP contribution in [-0.2, 0) is 5.41 Å². The van der Waals surface area contributed by atoms with Crippen LogP contribution in [0.5, 0.6) is 5.75 Å². The first kappa shape index (κ1) is 18.6. The maximum absolute atomic E-state index is 12.7. The van der Waals surface area contributed by atoms with Crippen LogP contribution in [0.4, 0.5) is 4.79 Å². The van der Waals surface area contributed by atoms with E-state index < -0.39 is 6.09 Å². The SMILES string of the molecule is CC(C)(C)c1nc2sc([C@H]3CCCN3C(=O)Oc3ccccc3)nc2c(=O)[nH]1. The Morgan fingerprint density at radius 1 is 1.25 bits per heavy atom. The number of amides is 1. The number of nitrogens with one attached hydrogen (secondary N) is 1. The van der Waals surface area contributed by atoms with Gasteiger partial charge in [-0.05, 0) is 25.0 Å². The van der Waals surface area contributed by atoms with E-state index in [9.17, 15) is 9.59 Å². The van der Waals surface area contributed by atoms with E-state index in [1.165, 1.54) is 11.3 Å². The molecule has 1 saturated heterocycles. The Morgan fingerprint density at radius 2 is 2.00 bits per heavy atom. The Hall–Kier alpha value is -2.74. The van der Waals surface area contributed by atoms with Crippen molar-refractivity contribution in [2.45, 2.75) is 45.1 Å². The maximum Gasteiger partial charge on any atom is 0.415 e. The minimum absolute atomic E-state index is 0.201. The summed E-state index contributed by atoms with van der Waals surface area (Å²) in [5.74, 6) is 1.14. The summed E-state index contributed by atoms with van der Waals surface area (Å²) in [7, 11) is 0. The number of aromatic amines is 1. The number of hydrogen-bond donors (Lipinski definition) is 1. The monoisotopic (exact) mass is 398 g/mol. The van der Waals surface area contributed by atoms with Crippen molar-refractivity contribution in [1.82, 2.24) is 19.9 Å². The molecule has 2 aromatic heterocycles. The second kappa shape index (κ2) is 7.01. The molecule has 146 valence electrons. The predicted octanol–water partition coefficient (Wildman–Crippen LogP) is 4.01. The molecule has 1 aliphatic heterocycles. The molecule has 1 amide bonds. The molecule has 0 aliphatic carbocycles. The average molecular weight is 398 g/mol. The minimum Gasteiger partial charge on any atom is -0.410 e. The summed E-state index contributed by atoms with van der Waals surface area (Å²) in [6, 6.07) is 8.81. The number of likely N-dealkylation sites (tertiary alicyclic amines) is 1. The first-order chi connectivity index (χ1) is 13.3. The number of rotatable bonds is 2. The van der Waals surface area contributed by atoms with E-state index in [1.807, 2.05) is 39.0 Å². The second-order valence-corrected chi connectivity index (χ2v) is 8.91. The number of benzene rings is 1. The second-order valence-electron chi connectivity index (χ2n) is 7.90. The average Bonchev–Trinajstić information content (AvgIpc) is 3.28. The Balaban J connectivity index is 1.64. The standard InChI is InChI=1S/C20H22N4O3S/c1-20(2,3)18-22-15(25)14-17(23-18)28-16(21-14)13-10-7-11-24(13)19(26)27-12-8-5-4-6-9-12/h4-6,8-9,13H,7,10-11H2,1-3H3,(H,22,23,25)/t13-/m1/s1. The summed E-state index contributed by atoms with van der Waals surface area (Å²) in [5, 5.41) is 0.724. The van der Waals surface area contributed by atoms with Crippen LogP contribution in [0.15, 0.2) is 35.1 Å². The van der Waals surface area contributed by atoms with Gasteiger partial charge in [-0.15, -0.1) is 0 Å². The normalized spacial score (nSPS) is 17.2. The molecule has 8 heteroatoms. The van der Waals surface area contributed by atoms with Crippen molar-refractivity contribution in [3.05, 3.63) is 51.5 Å². The molecule has 4 rings (SSSR count). The van der Waals surface area contributed by atoms with Crippen LogP contribution < -0.4 is 10.3 Å². The van der Waals surface area contributed by atoms with Gasteiger partial charge in [0, 0.05) is 12.0 Å². The molecule has 0 radical (unpaired) electrons. The smallest absolute Gasteiger partial charge is 0.410 e. The lowest BCUT2D eigenvalue weighted by Gasteiger charge is -2.22. The highest BCUT2D eigenvalue weighted by molar-refractivity contribution is 7.18. The van der Waals surface area contributed by atoms with E-state index in [0.29, 0.717) is 28.5 Å². The largest absolute Gasteiger partial charge is 0.415 e. The Kier molecular flexibility index (Phi) is 4.66. The topological polar surface area (TPSA) is 88.2 Å². The molecule has 1 aliphatic rings. The number of carbonyl (C=O) groups excluding carboxylic acids is 1. The molecule has 28 heavy (non-hydrogen) atoms. The van der Waals surface area contributed by atoms with Crippen molar-refractivity contribution in [2.75, 3.05) is 6.54 Å². The van der Waals surface area contributed by atoms with Gasteiger partial charge >= 0.3 is 6.09 Å². The zero-order chi connectivity index (χ0) is 19.9. The number of hydrogen-bond acceptors (Lipinski definition) is 6. The zero-order valence-electron chi connectivity index (χ0n) is 16.1. The van der Waals surface area contributed by atoms with Crippen molar-refractivity contribution >= 4 is 27.8 Å². The number of aromatic nitrogens is 3. The van der Waals surface area contributed by atoms with Crippen LogP contribution in [-0.4, -0.2) is 32.5 Å². The van der Waals surface area contributed by atoms with Crippen molar-refractivity contribution < 1.29 is 9.53 Å². The first-order valence-electron chi connectivity index (χ1n) is 9.27. The zero-order valence-corrected chi connectivity index (χ0v) is 16.9.